The second-order valence-corrected chi connectivity index (χ2v) is 7.07. The number of carbonyl (C=O) groups excluding carboxylic acids is 2. The molecule has 2 atom stereocenters. The molecule has 1 aromatic rings. The van der Waals surface area contributed by atoms with Gasteiger partial charge in [0.05, 0.1) is 6.26 Å². The summed E-state index contributed by atoms with van der Waals surface area (Å²) in [5.74, 6) is 0.813. The molecule has 0 radical (unpaired) electrons. The molecule has 0 aromatic carbocycles. The molecule has 2 aliphatic heterocycles. The van der Waals surface area contributed by atoms with Gasteiger partial charge in [-0.25, -0.2) is 0 Å². The van der Waals surface area contributed by atoms with Crippen LogP contribution in [0.2, 0.25) is 0 Å². The van der Waals surface area contributed by atoms with Gasteiger partial charge in [-0.15, -0.1) is 12.4 Å². The molecular formula is C18H28ClN3O3. The van der Waals surface area contributed by atoms with Gasteiger partial charge in [0.25, 0.3) is 5.91 Å². The number of aryl methyl sites for hydroxylation is 1. The number of rotatable bonds is 7. The van der Waals surface area contributed by atoms with E-state index < -0.39 is 0 Å². The maximum atomic E-state index is 12.0. The maximum Gasteiger partial charge on any atom is 0.287 e. The van der Waals surface area contributed by atoms with Crippen molar-refractivity contribution in [1.82, 2.24) is 16.0 Å². The van der Waals surface area contributed by atoms with E-state index in [2.05, 4.69) is 16.0 Å². The molecule has 3 heterocycles. The van der Waals surface area contributed by atoms with Crippen LogP contribution in [-0.4, -0.2) is 37.0 Å². The van der Waals surface area contributed by atoms with Crippen LogP contribution < -0.4 is 16.0 Å². The molecule has 3 rings (SSSR count). The second-order valence-electron chi connectivity index (χ2n) is 7.07. The van der Waals surface area contributed by atoms with E-state index in [4.69, 9.17) is 4.42 Å². The zero-order chi connectivity index (χ0) is 16.9. The minimum absolute atomic E-state index is 0. The quantitative estimate of drug-likeness (QED) is 0.643. The molecule has 2 amide bonds. The van der Waals surface area contributed by atoms with Crippen LogP contribution in [0.4, 0.5) is 0 Å². The molecule has 2 fully saturated rings. The molecular weight excluding hydrogens is 342 g/mol. The lowest BCUT2D eigenvalue weighted by atomic mass is 9.89. The Morgan fingerprint density at radius 3 is 2.52 bits per heavy atom. The Bertz CT molecular complexity index is 578. The van der Waals surface area contributed by atoms with Gasteiger partial charge in [0.1, 0.15) is 0 Å². The number of piperidine rings is 1. The van der Waals surface area contributed by atoms with Crippen molar-refractivity contribution in [1.29, 1.82) is 0 Å². The number of hydrogen-bond acceptors (Lipinski definition) is 4. The average molecular weight is 370 g/mol. The molecule has 0 saturated carbocycles. The summed E-state index contributed by atoms with van der Waals surface area (Å²) in [5, 5.41) is 9.37. The van der Waals surface area contributed by atoms with E-state index in [9.17, 15) is 9.59 Å². The zero-order valence-electron chi connectivity index (χ0n) is 14.7. The van der Waals surface area contributed by atoms with E-state index in [1.54, 1.807) is 6.07 Å². The Morgan fingerprint density at radius 2 is 1.88 bits per heavy atom. The number of halogens is 1. The predicted molar refractivity (Wildman–Crippen MR) is 97.9 cm³/mol. The summed E-state index contributed by atoms with van der Waals surface area (Å²) in [6.45, 7) is 2.95. The van der Waals surface area contributed by atoms with Crippen molar-refractivity contribution in [3.05, 3.63) is 23.7 Å². The van der Waals surface area contributed by atoms with Crippen LogP contribution in [0.1, 0.15) is 54.6 Å². The van der Waals surface area contributed by atoms with Crippen LogP contribution in [0.25, 0.3) is 0 Å². The van der Waals surface area contributed by atoms with Crippen molar-refractivity contribution in [3.63, 3.8) is 0 Å². The fourth-order valence-corrected chi connectivity index (χ4v) is 3.88. The Balaban J connectivity index is 0.00000225. The molecule has 2 saturated heterocycles. The third-order valence-electron chi connectivity index (χ3n) is 5.07. The van der Waals surface area contributed by atoms with Gasteiger partial charge in [-0.1, -0.05) is 0 Å². The fraction of sp³-hybridized carbons (Fsp3) is 0.667. The molecule has 140 valence electrons. The highest BCUT2D eigenvalue weighted by Crippen LogP contribution is 2.32. The summed E-state index contributed by atoms with van der Waals surface area (Å²) in [5.41, 5.74) is 0.830. The zero-order valence-corrected chi connectivity index (χ0v) is 15.5. The molecule has 1 aromatic heterocycles. The van der Waals surface area contributed by atoms with E-state index >= 15 is 0 Å². The van der Waals surface area contributed by atoms with Crippen molar-refractivity contribution in [2.24, 2.45) is 5.92 Å². The minimum atomic E-state index is -0.200. The molecule has 0 aliphatic carbocycles. The first kappa shape index (κ1) is 19.8. The first-order chi connectivity index (χ1) is 11.6. The monoisotopic (exact) mass is 369 g/mol. The van der Waals surface area contributed by atoms with Crippen molar-refractivity contribution >= 4 is 24.2 Å². The molecule has 6 nitrogen and oxygen atoms in total. The Hall–Kier alpha value is -1.53. The number of nitrogens with one attached hydrogen (secondary N) is 3. The summed E-state index contributed by atoms with van der Waals surface area (Å²) < 4.78 is 5.14. The SMILES string of the molecule is Cc1ccoc1C(=O)NCCCNC(=O)CC1CC2CCC(C1)N2.Cl. The third kappa shape index (κ3) is 5.47. The molecule has 2 bridgehead atoms. The summed E-state index contributed by atoms with van der Waals surface area (Å²) >= 11 is 0. The van der Waals surface area contributed by atoms with Crippen LogP contribution in [0, 0.1) is 12.8 Å². The van der Waals surface area contributed by atoms with Crippen LogP contribution in [0.5, 0.6) is 0 Å². The third-order valence-corrected chi connectivity index (χ3v) is 5.07. The maximum absolute atomic E-state index is 12.0. The van der Waals surface area contributed by atoms with Gasteiger partial charge in [0.2, 0.25) is 5.91 Å². The number of fused-ring (bicyclic) bond motifs is 2. The molecule has 3 N–H and O–H groups in total. The van der Waals surface area contributed by atoms with Gasteiger partial charge in [-0.2, -0.15) is 0 Å². The van der Waals surface area contributed by atoms with E-state index in [0.717, 1.165) is 18.4 Å². The Labute approximate surface area is 154 Å². The van der Waals surface area contributed by atoms with Gasteiger partial charge < -0.3 is 20.4 Å². The van der Waals surface area contributed by atoms with Gasteiger partial charge in [-0.3, -0.25) is 9.59 Å². The lowest BCUT2D eigenvalue weighted by Gasteiger charge is -2.28. The highest BCUT2D eigenvalue weighted by molar-refractivity contribution is 5.92. The number of amides is 2. The molecule has 0 spiro atoms. The van der Waals surface area contributed by atoms with Gasteiger partial charge in [0, 0.05) is 37.2 Å². The average Bonchev–Trinajstić information content (AvgIpc) is 3.12. The van der Waals surface area contributed by atoms with E-state index in [1.807, 2.05) is 6.92 Å². The highest BCUT2D eigenvalue weighted by atomic mass is 35.5. The molecule has 2 aliphatic rings. The van der Waals surface area contributed by atoms with Crippen LogP contribution in [0.15, 0.2) is 16.7 Å². The second kappa shape index (κ2) is 9.25. The van der Waals surface area contributed by atoms with Crippen molar-refractivity contribution < 1.29 is 14.0 Å². The fourth-order valence-electron chi connectivity index (χ4n) is 3.88. The van der Waals surface area contributed by atoms with Gasteiger partial charge >= 0.3 is 0 Å². The van der Waals surface area contributed by atoms with Crippen molar-refractivity contribution in [2.75, 3.05) is 13.1 Å². The van der Waals surface area contributed by atoms with Crippen molar-refractivity contribution in [2.45, 2.75) is 57.5 Å². The van der Waals surface area contributed by atoms with Gasteiger partial charge in [-0.05, 0) is 51.0 Å². The van der Waals surface area contributed by atoms with Crippen molar-refractivity contribution in [3.8, 4) is 0 Å². The Morgan fingerprint density at radius 1 is 1.20 bits per heavy atom. The highest BCUT2D eigenvalue weighted by Gasteiger charge is 2.34. The topological polar surface area (TPSA) is 83.4 Å². The lowest BCUT2D eigenvalue weighted by molar-refractivity contribution is -0.122. The number of carbonyl (C=O) groups is 2. The smallest absolute Gasteiger partial charge is 0.287 e. The molecule has 2 unspecified atom stereocenters. The largest absolute Gasteiger partial charge is 0.459 e. The van der Waals surface area contributed by atoms with E-state index in [1.165, 1.54) is 19.1 Å². The standard InChI is InChI=1S/C18H27N3O3.ClH/c1-12-5-8-24-17(12)18(23)20-7-2-6-19-16(22)11-13-9-14-3-4-15(10-13)21-14;/h5,8,13-15,21H,2-4,6-7,9-11H2,1H3,(H,19,22)(H,20,23);1H. The summed E-state index contributed by atoms with van der Waals surface area (Å²) in [6, 6.07) is 3.02. The Kier molecular flexibility index (Phi) is 7.32. The predicted octanol–water partition coefficient (Wildman–Crippen LogP) is 2.17. The normalized spacial score (nSPS) is 24.4. The molecule has 7 heteroatoms. The first-order valence-electron chi connectivity index (χ1n) is 8.97. The number of furan rings is 1. The summed E-state index contributed by atoms with van der Waals surface area (Å²) in [7, 11) is 0. The van der Waals surface area contributed by atoms with Gasteiger partial charge in [0.15, 0.2) is 5.76 Å². The summed E-state index contributed by atoms with van der Waals surface area (Å²) in [4.78, 5) is 23.9. The van der Waals surface area contributed by atoms with Crippen LogP contribution >= 0.6 is 12.4 Å². The van der Waals surface area contributed by atoms with Crippen LogP contribution in [0.3, 0.4) is 0 Å². The van der Waals surface area contributed by atoms with E-state index in [0.29, 0.717) is 49.7 Å². The lowest BCUT2D eigenvalue weighted by Crippen LogP contribution is -2.40. The first-order valence-corrected chi connectivity index (χ1v) is 8.97. The van der Waals surface area contributed by atoms with E-state index in [-0.39, 0.29) is 24.2 Å². The minimum Gasteiger partial charge on any atom is -0.459 e. The number of hydrogen-bond donors (Lipinski definition) is 3. The summed E-state index contributed by atoms with van der Waals surface area (Å²) in [6.07, 6.45) is 7.64. The van der Waals surface area contributed by atoms with Crippen LogP contribution in [-0.2, 0) is 4.79 Å². The molecule has 25 heavy (non-hydrogen) atoms.